The van der Waals surface area contributed by atoms with Crippen LogP contribution in [0.1, 0.15) is 34.0 Å². The molecule has 0 heterocycles. The first-order valence-corrected chi connectivity index (χ1v) is 6.43. The van der Waals surface area contributed by atoms with Crippen LogP contribution in [0.4, 0.5) is 4.39 Å². The van der Waals surface area contributed by atoms with Crippen LogP contribution in [0.5, 0.6) is 5.75 Å². The largest absolute Gasteiger partial charge is 0.489 e. The van der Waals surface area contributed by atoms with E-state index in [1.807, 2.05) is 13.0 Å². The molecule has 0 amide bonds. The van der Waals surface area contributed by atoms with Gasteiger partial charge in [0.05, 0.1) is 11.6 Å². The second-order valence-electron chi connectivity index (χ2n) is 4.79. The maximum atomic E-state index is 13.3. The third-order valence-electron chi connectivity index (χ3n) is 3.06. The molecule has 0 aliphatic carbocycles. The van der Waals surface area contributed by atoms with Crippen molar-refractivity contribution in [2.24, 2.45) is 0 Å². The van der Waals surface area contributed by atoms with Gasteiger partial charge >= 0.3 is 0 Å². The van der Waals surface area contributed by atoms with Crippen molar-refractivity contribution in [1.29, 1.82) is 5.26 Å². The Hall–Kier alpha value is -2.67. The van der Waals surface area contributed by atoms with Crippen molar-refractivity contribution in [3.63, 3.8) is 0 Å². The summed E-state index contributed by atoms with van der Waals surface area (Å²) in [6.45, 7) is 3.51. The van der Waals surface area contributed by atoms with Gasteiger partial charge in [0.1, 0.15) is 18.2 Å². The number of rotatable bonds is 4. The number of nitrogens with zero attached hydrogens (tertiary/aromatic N) is 1. The molecule has 0 saturated carbocycles. The second-order valence-corrected chi connectivity index (χ2v) is 4.79. The molecule has 106 valence electrons. The van der Waals surface area contributed by atoms with Gasteiger partial charge in [-0.2, -0.15) is 5.26 Å². The minimum atomic E-state index is -0.462. The highest BCUT2D eigenvalue weighted by atomic mass is 19.1. The van der Waals surface area contributed by atoms with Crippen LogP contribution >= 0.6 is 0 Å². The SMILES string of the molecule is CC(=O)c1ccc(OCc2cc(F)cc(C#N)c2)c(C)c1. The quantitative estimate of drug-likeness (QED) is 0.802. The zero-order chi connectivity index (χ0) is 15.4. The fourth-order valence-corrected chi connectivity index (χ4v) is 1.99. The Bertz CT molecular complexity index is 732. The van der Waals surface area contributed by atoms with Gasteiger partial charge in [0.15, 0.2) is 5.78 Å². The van der Waals surface area contributed by atoms with Gasteiger partial charge < -0.3 is 4.74 Å². The van der Waals surface area contributed by atoms with Crippen molar-refractivity contribution in [3.8, 4) is 11.8 Å². The number of halogens is 1. The van der Waals surface area contributed by atoms with Crippen molar-refractivity contribution in [3.05, 3.63) is 64.5 Å². The van der Waals surface area contributed by atoms with Crippen LogP contribution in [0.2, 0.25) is 0 Å². The Balaban J connectivity index is 2.15. The van der Waals surface area contributed by atoms with Crippen molar-refractivity contribution in [2.75, 3.05) is 0 Å². The van der Waals surface area contributed by atoms with Crippen LogP contribution in [-0.4, -0.2) is 5.78 Å². The molecule has 0 fully saturated rings. The van der Waals surface area contributed by atoms with Gasteiger partial charge in [-0.05, 0) is 61.4 Å². The molecule has 2 aromatic carbocycles. The van der Waals surface area contributed by atoms with Gasteiger partial charge in [0, 0.05) is 5.56 Å². The minimum absolute atomic E-state index is 0.00607. The molecule has 0 aliphatic rings. The average Bonchev–Trinajstić information content (AvgIpc) is 2.45. The topological polar surface area (TPSA) is 50.1 Å². The summed E-state index contributed by atoms with van der Waals surface area (Å²) in [5.74, 6) is 0.160. The highest BCUT2D eigenvalue weighted by Crippen LogP contribution is 2.21. The molecule has 0 saturated heterocycles. The summed E-state index contributed by atoms with van der Waals surface area (Å²) in [6.07, 6.45) is 0. The number of ketones is 1. The number of Topliss-reactive ketones (excluding diaryl/α,β-unsaturated/α-hetero) is 1. The van der Waals surface area contributed by atoms with E-state index in [1.54, 1.807) is 24.3 Å². The van der Waals surface area contributed by atoms with E-state index in [2.05, 4.69) is 0 Å². The highest BCUT2D eigenvalue weighted by Gasteiger charge is 2.06. The first-order valence-electron chi connectivity index (χ1n) is 6.43. The molecule has 21 heavy (non-hydrogen) atoms. The number of benzene rings is 2. The molecule has 2 aromatic rings. The van der Waals surface area contributed by atoms with Crippen LogP contribution in [0.3, 0.4) is 0 Å². The molecule has 0 bridgehead atoms. The summed E-state index contributed by atoms with van der Waals surface area (Å²) in [4.78, 5) is 11.3. The average molecular weight is 283 g/mol. The summed E-state index contributed by atoms with van der Waals surface area (Å²) in [7, 11) is 0. The lowest BCUT2D eigenvalue weighted by atomic mass is 10.1. The summed E-state index contributed by atoms with van der Waals surface area (Å²) < 4.78 is 18.9. The number of ether oxygens (including phenoxy) is 1. The van der Waals surface area contributed by atoms with E-state index in [4.69, 9.17) is 10.00 Å². The number of hydrogen-bond acceptors (Lipinski definition) is 3. The first-order chi connectivity index (χ1) is 9.99. The first kappa shape index (κ1) is 14.7. The number of carbonyl (C=O) groups excluding carboxylic acids is 1. The van der Waals surface area contributed by atoms with E-state index in [9.17, 15) is 9.18 Å². The summed E-state index contributed by atoms with van der Waals surface area (Å²) in [5.41, 5.74) is 2.30. The maximum absolute atomic E-state index is 13.3. The van der Waals surface area contributed by atoms with Crippen molar-refractivity contribution < 1.29 is 13.9 Å². The molecule has 0 N–H and O–H groups in total. The highest BCUT2D eigenvalue weighted by molar-refractivity contribution is 5.94. The predicted octanol–water partition coefficient (Wildman–Crippen LogP) is 3.79. The minimum Gasteiger partial charge on any atom is -0.489 e. The zero-order valence-electron chi connectivity index (χ0n) is 11.8. The fraction of sp³-hybridized carbons (Fsp3) is 0.176. The number of carbonyl (C=O) groups is 1. The molecule has 4 heteroatoms. The van der Waals surface area contributed by atoms with Crippen molar-refractivity contribution >= 4 is 5.78 Å². The number of nitriles is 1. The lowest BCUT2D eigenvalue weighted by Gasteiger charge is -2.10. The second kappa shape index (κ2) is 6.19. The summed E-state index contributed by atoms with van der Waals surface area (Å²) in [5, 5.41) is 8.81. The lowest BCUT2D eigenvalue weighted by Crippen LogP contribution is -2.00. The van der Waals surface area contributed by atoms with Gasteiger partial charge in [0.2, 0.25) is 0 Å². The molecule has 0 atom stereocenters. The Morgan fingerprint density at radius 1 is 1.29 bits per heavy atom. The summed E-state index contributed by atoms with van der Waals surface area (Å²) >= 11 is 0. The Morgan fingerprint density at radius 3 is 2.67 bits per heavy atom. The molecule has 3 nitrogen and oxygen atoms in total. The smallest absolute Gasteiger partial charge is 0.159 e. The maximum Gasteiger partial charge on any atom is 0.159 e. The van der Waals surface area contributed by atoms with E-state index in [0.29, 0.717) is 16.9 Å². The van der Waals surface area contributed by atoms with E-state index in [-0.39, 0.29) is 18.0 Å². The van der Waals surface area contributed by atoms with Gasteiger partial charge in [-0.25, -0.2) is 4.39 Å². The van der Waals surface area contributed by atoms with Gasteiger partial charge in [-0.3, -0.25) is 4.79 Å². The standard InChI is InChI=1S/C17H14FNO2/c1-11-5-15(12(2)20)3-4-17(11)21-10-14-6-13(9-19)7-16(18)8-14/h3-8H,10H2,1-2H3. The number of aryl methyl sites for hydroxylation is 1. The van der Waals surface area contributed by atoms with Gasteiger partial charge in [-0.1, -0.05) is 0 Å². The molecular formula is C17H14FNO2. The van der Waals surface area contributed by atoms with Crippen LogP contribution in [-0.2, 0) is 6.61 Å². The Kier molecular flexibility index (Phi) is 4.34. The lowest BCUT2D eigenvalue weighted by molar-refractivity contribution is 0.101. The molecule has 0 unspecified atom stereocenters. The van der Waals surface area contributed by atoms with E-state index < -0.39 is 5.82 Å². The van der Waals surface area contributed by atoms with E-state index >= 15 is 0 Å². The molecular weight excluding hydrogens is 269 g/mol. The van der Waals surface area contributed by atoms with Crippen LogP contribution in [0.25, 0.3) is 0 Å². The van der Waals surface area contributed by atoms with Gasteiger partial charge in [0.25, 0.3) is 0 Å². The van der Waals surface area contributed by atoms with Gasteiger partial charge in [-0.15, -0.1) is 0 Å². The van der Waals surface area contributed by atoms with Crippen molar-refractivity contribution in [1.82, 2.24) is 0 Å². The summed E-state index contributed by atoms with van der Waals surface area (Å²) in [6, 6.07) is 11.2. The molecule has 0 spiro atoms. The third-order valence-corrected chi connectivity index (χ3v) is 3.06. The number of hydrogen-bond donors (Lipinski definition) is 0. The van der Waals surface area contributed by atoms with Crippen LogP contribution in [0.15, 0.2) is 36.4 Å². The molecule has 2 rings (SSSR count). The normalized spacial score (nSPS) is 10.0. The Labute approximate surface area is 122 Å². The Morgan fingerprint density at radius 2 is 2.05 bits per heavy atom. The molecule has 0 radical (unpaired) electrons. The molecule has 0 aromatic heterocycles. The zero-order valence-corrected chi connectivity index (χ0v) is 11.8. The monoisotopic (exact) mass is 283 g/mol. The van der Waals surface area contributed by atoms with Crippen molar-refractivity contribution in [2.45, 2.75) is 20.5 Å². The van der Waals surface area contributed by atoms with Crippen LogP contribution < -0.4 is 4.74 Å². The van der Waals surface area contributed by atoms with E-state index in [1.165, 1.54) is 19.1 Å². The van der Waals surface area contributed by atoms with Crippen LogP contribution in [0, 0.1) is 24.1 Å². The van der Waals surface area contributed by atoms with E-state index in [0.717, 1.165) is 5.56 Å². The predicted molar refractivity (Wildman–Crippen MR) is 76.6 cm³/mol. The fourth-order valence-electron chi connectivity index (χ4n) is 1.99. The third kappa shape index (κ3) is 3.67. The molecule has 0 aliphatic heterocycles.